The zero-order valence-electron chi connectivity index (χ0n) is 14.8. The molecule has 0 aliphatic carbocycles. The van der Waals surface area contributed by atoms with Crippen molar-refractivity contribution in [1.29, 1.82) is 0 Å². The Hall–Kier alpha value is -2.47. The topological polar surface area (TPSA) is 60.7 Å². The van der Waals surface area contributed by atoms with Crippen molar-refractivity contribution in [2.75, 3.05) is 5.75 Å². The summed E-state index contributed by atoms with van der Waals surface area (Å²) in [6.45, 7) is 8.15. The average Bonchev–Trinajstić information content (AvgIpc) is 3.06. The molecule has 0 atom stereocenters. The van der Waals surface area contributed by atoms with Crippen molar-refractivity contribution in [3.63, 3.8) is 0 Å². The molecule has 5 nitrogen and oxygen atoms in total. The lowest BCUT2D eigenvalue weighted by atomic mass is 10.0. The second-order valence-corrected chi connectivity index (χ2v) is 7.05. The number of hydrogen-bond donors (Lipinski definition) is 0. The molecule has 1 heterocycles. The van der Waals surface area contributed by atoms with Crippen molar-refractivity contribution in [3.05, 3.63) is 64.2 Å². The van der Waals surface area contributed by atoms with Gasteiger partial charge in [0, 0.05) is 5.56 Å². The summed E-state index contributed by atoms with van der Waals surface area (Å²) in [5.74, 6) is 0.372. The quantitative estimate of drug-likeness (QED) is 0.515. The maximum atomic E-state index is 12.5. The third-order valence-corrected chi connectivity index (χ3v) is 5.33. The van der Waals surface area contributed by atoms with Crippen LogP contribution in [-0.2, 0) is 0 Å². The molecule has 3 rings (SSSR count). The van der Waals surface area contributed by atoms with E-state index in [4.69, 9.17) is 0 Å². The standard InChI is InChI=1S/C19H20N4OS/c1-12-8-9-16(10-14(12)3)18(24)11-25-19-20-21-22-23(19)17-7-5-6-13(2)15(17)4/h5-10H,11H2,1-4H3. The van der Waals surface area contributed by atoms with Crippen molar-refractivity contribution in [2.45, 2.75) is 32.9 Å². The average molecular weight is 352 g/mol. The second-order valence-electron chi connectivity index (χ2n) is 6.10. The van der Waals surface area contributed by atoms with Crippen LogP contribution in [0.2, 0.25) is 0 Å². The Balaban J connectivity index is 1.79. The molecule has 0 bridgehead atoms. The summed E-state index contributed by atoms with van der Waals surface area (Å²) in [4.78, 5) is 12.5. The van der Waals surface area contributed by atoms with Crippen LogP contribution in [0, 0.1) is 27.7 Å². The van der Waals surface area contributed by atoms with E-state index in [1.807, 2.05) is 51.1 Å². The van der Waals surface area contributed by atoms with Gasteiger partial charge in [0.25, 0.3) is 0 Å². The highest BCUT2D eigenvalue weighted by molar-refractivity contribution is 7.99. The minimum absolute atomic E-state index is 0.0728. The number of nitrogens with zero attached hydrogens (tertiary/aromatic N) is 4. The first-order chi connectivity index (χ1) is 12.0. The predicted molar refractivity (Wildman–Crippen MR) is 99.6 cm³/mol. The second kappa shape index (κ2) is 7.19. The van der Waals surface area contributed by atoms with Crippen LogP contribution >= 0.6 is 11.8 Å². The number of carbonyl (C=O) groups is 1. The van der Waals surface area contributed by atoms with Gasteiger partial charge in [0.1, 0.15) is 0 Å². The van der Waals surface area contributed by atoms with Gasteiger partial charge in [-0.25, -0.2) is 0 Å². The van der Waals surface area contributed by atoms with Crippen LogP contribution in [0.1, 0.15) is 32.6 Å². The fourth-order valence-electron chi connectivity index (χ4n) is 2.51. The third kappa shape index (κ3) is 3.64. The van der Waals surface area contributed by atoms with Gasteiger partial charge >= 0.3 is 0 Å². The van der Waals surface area contributed by atoms with Gasteiger partial charge in [-0.05, 0) is 72.5 Å². The lowest BCUT2D eigenvalue weighted by Gasteiger charge is -2.09. The number of thioether (sulfide) groups is 1. The molecular formula is C19H20N4OS. The number of rotatable bonds is 5. The molecule has 0 spiro atoms. The van der Waals surface area contributed by atoms with E-state index in [0.717, 1.165) is 22.4 Å². The van der Waals surface area contributed by atoms with Crippen molar-refractivity contribution in [3.8, 4) is 5.69 Å². The number of ketones is 1. The minimum atomic E-state index is 0.0728. The Kier molecular flexibility index (Phi) is 4.99. The van der Waals surface area contributed by atoms with Gasteiger partial charge in [0.15, 0.2) is 5.78 Å². The molecule has 0 unspecified atom stereocenters. The van der Waals surface area contributed by atoms with Crippen LogP contribution in [0.5, 0.6) is 0 Å². The van der Waals surface area contributed by atoms with Crippen LogP contribution < -0.4 is 0 Å². The first-order valence-electron chi connectivity index (χ1n) is 8.05. The molecule has 1 aromatic heterocycles. The molecule has 0 saturated heterocycles. The molecular weight excluding hydrogens is 332 g/mol. The van der Waals surface area contributed by atoms with E-state index in [9.17, 15) is 4.79 Å². The van der Waals surface area contributed by atoms with E-state index in [1.165, 1.54) is 22.9 Å². The summed E-state index contributed by atoms with van der Waals surface area (Å²) in [7, 11) is 0. The number of benzene rings is 2. The Morgan fingerprint density at radius 1 is 1.04 bits per heavy atom. The third-order valence-electron chi connectivity index (χ3n) is 4.41. The molecule has 0 radical (unpaired) electrons. The first kappa shape index (κ1) is 17.4. The van der Waals surface area contributed by atoms with E-state index < -0.39 is 0 Å². The molecule has 0 fully saturated rings. The molecule has 0 N–H and O–H groups in total. The summed E-state index contributed by atoms with van der Waals surface area (Å²) in [5.41, 5.74) is 6.26. The number of tetrazole rings is 1. The number of aromatic nitrogens is 4. The van der Waals surface area contributed by atoms with Gasteiger partial charge < -0.3 is 0 Å². The lowest BCUT2D eigenvalue weighted by molar-refractivity contribution is 0.102. The molecule has 2 aromatic carbocycles. The van der Waals surface area contributed by atoms with E-state index in [-0.39, 0.29) is 5.78 Å². The van der Waals surface area contributed by atoms with Gasteiger partial charge in [0.2, 0.25) is 5.16 Å². The highest BCUT2D eigenvalue weighted by Crippen LogP contribution is 2.23. The van der Waals surface area contributed by atoms with Crippen LogP contribution in [0.15, 0.2) is 41.6 Å². The highest BCUT2D eigenvalue weighted by atomic mass is 32.2. The summed E-state index contributed by atoms with van der Waals surface area (Å²) < 4.78 is 1.70. The van der Waals surface area contributed by atoms with E-state index in [1.54, 1.807) is 4.68 Å². The van der Waals surface area contributed by atoms with Gasteiger partial charge in [-0.2, -0.15) is 4.68 Å². The minimum Gasteiger partial charge on any atom is -0.293 e. The Bertz CT molecular complexity index is 933. The van der Waals surface area contributed by atoms with E-state index >= 15 is 0 Å². The molecule has 6 heteroatoms. The number of Topliss-reactive ketones (excluding diaryl/α,β-unsaturated/α-hetero) is 1. The summed E-state index contributed by atoms with van der Waals surface area (Å²) >= 11 is 1.35. The summed E-state index contributed by atoms with van der Waals surface area (Å²) in [5, 5.41) is 12.6. The fourth-order valence-corrected chi connectivity index (χ4v) is 3.29. The SMILES string of the molecule is Cc1ccc(C(=O)CSc2nnnn2-c2cccc(C)c2C)cc1C. The van der Waals surface area contributed by atoms with Gasteiger partial charge in [-0.3, -0.25) is 4.79 Å². The summed E-state index contributed by atoms with van der Waals surface area (Å²) in [6, 6.07) is 11.8. The van der Waals surface area contributed by atoms with Crippen molar-refractivity contribution in [1.82, 2.24) is 20.2 Å². The van der Waals surface area contributed by atoms with Crippen molar-refractivity contribution in [2.24, 2.45) is 0 Å². The summed E-state index contributed by atoms with van der Waals surface area (Å²) in [6.07, 6.45) is 0. The maximum absolute atomic E-state index is 12.5. The van der Waals surface area contributed by atoms with Gasteiger partial charge in [-0.1, -0.05) is 36.0 Å². The van der Waals surface area contributed by atoms with Crippen LogP contribution in [-0.4, -0.2) is 31.7 Å². The van der Waals surface area contributed by atoms with E-state index in [0.29, 0.717) is 10.9 Å². The molecule has 0 amide bonds. The molecule has 3 aromatic rings. The maximum Gasteiger partial charge on any atom is 0.214 e. The van der Waals surface area contributed by atoms with Crippen molar-refractivity contribution < 1.29 is 4.79 Å². The molecule has 0 saturated carbocycles. The van der Waals surface area contributed by atoms with Crippen LogP contribution in [0.4, 0.5) is 0 Å². The molecule has 25 heavy (non-hydrogen) atoms. The largest absolute Gasteiger partial charge is 0.293 e. The van der Waals surface area contributed by atoms with E-state index in [2.05, 4.69) is 28.5 Å². The zero-order chi connectivity index (χ0) is 18.0. The van der Waals surface area contributed by atoms with Crippen molar-refractivity contribution >= 4 is 17.5 Å². The number of hydrogen-bond acceptors (Lipinski definition) is 5. The zero-order valence-corrected chi connectivity index (χ0v) is 15.6. The number of carbonyl (C=O) groups excluding carboxylic acids is 1. The van der Waals surface area contributed by atoms with Crippen LogP contribution in [0.3, 0.4) is 0 Å². The monoisotopic (exact) mass is 352 g/mol. The Labute approximate surface area is 151 Å². The fraction of sp³-hybridized carbons (Fsp3) is 0.263. The van der Waals surface area contributed by atoms with Gasteiger partial charge in [0.05, 0.1) is 11.4 Å². The van der Waals surface area contributed by atoms with Crippen LogP contribution in [0.25, 0.3) is 5.69 Å². The Morgan fingerprint density at radius 2 is 1.84 bits per heavy atom. The smallest absolute Gasteiger partial charge is 0.214 e. The molecule has 128 valence electrons. The Morgan fingerprint density at radius 3 is 2.60 bits per heavy atom. The molecule has 0 aliphatic rings. The first-order valence-corrected chi connectivity index (χ1v) is 9.04. The normalized spacial score (nSPS) is 10.9. The highest BCUT2D eigenvalue weighted by Gasteiger charge is 2.15. The lowest BCUT2D eigenvalue weighted by Crippen LogP contribution is -2.06. The van der Waals surface area contributed by atoms with Gasteiger partial charge in [-0.15, -0.1) is 5.10 Å². The molecule has 0 aliphatic heterocycles. The number of aryl methyl sites for hydroxylation is 3. The predicted octanol–water partition coefficient (Wildman–Crippen LogP) is 3.87.